The van der Waals surface area contributed by atoms with Crippen molar-refractivity contribution in [1.29, 1.82) is 0 Å². The number of amides is 1. The van der Waals surface area contributed by atoms with Crippen molar-refractivity contribution in [3.05, 3.63) is 47.4 Å². The minimum absolute atomic E-state index is 0.0994. The van der Waals surface area contributed by atoms with Crippen LogP contribution < -0.4 is 10.1 Å². The molecule has 3 aromatic rings. The fraction of sp³-hybridized carbons (Fsp3) is 0.368. The highest BCUT2D eigenvalue weighted by atomic mass is 32.2. The van der Waals surface area contributed by atoms with Crippen molar-refractivity contribution in [3.63, 3.8) is 0 Å². The van der Waals surface area contributed by atoms with E-state index < -0.39 is 17.2 Å². The van der Waals surface area contributed by atoms with Crippen molar-refractivity contribution in [2.45, 2.75) is 44.3 Å². The summed E-state index contributed by atoms with van der Waals surface area (Å²) in [5.41, 5.74) is 2.31. The summed E-state index contributed by atoms with van der Waals surface area (Å²) in [6.07, 6.45) is -0.640. The van der Waals surface area contributed by atoms with Gasteiger partial charge in [0.05, 0.1) is 22.3 Å². The van der Waals surface area contributed by atoms with Crippen molar-refractivity contribution in [2.75, 3.05) is 5.32 Å². The smallest absolute Gasteiger partial charge is 0.277 e. The average molecular weight is 419 g/mol. The molecule has 0 spiro atoms. The summed E-state index contributed by atoms with van der Waals surface area (Å²) in [5.74, 6) is -0.381. The van der Waals surface area contributed by atoms with E-state index in [4.69, 9.17) is 9.15 Å². The first-order valence-corrected chi connectivity index (χ1v) is 9.86. The van der Waals surface area contributed by atoms with Gasteiger partial charge >= 0.3 is 0 Å². The van der Waals surface area contributed by atoms with Gasteiger partial charge in [-0.2, -0.15) is 5.10 Å². The zero-order chi connectivity index (χ0) is 21.1. The van der Waals surface area contributed by atoms with Crippen molar-refractivity contribution >= 4 is 23.4 Å². The number of benzene rings is 1. The van der Waals surface area contributed by atoms with Crippen LogP contribution in [-0.2, 0) is 11.8 Å². The third-order valence-corrected chi connectivity index (χ3v) is 5.25. The second-order valence-corrected chi connectivity index (χ2v) is 7.81. The van der Waals surface area contributed by atoms with Gasteiger partial charge in [0.15, 0.2) is 17.7 Å². The Bertz CT molecular complexity index is 1020. The molecule has 8 nitrogen and oxygen atoms in total. The molecule has 29 heavy (non-hydrogen) atoms. The molecule has 0 bridgehead atoms. The maximum Gasteiger partial charge on any atom is 0.277 e. The zero-order valence-corrected chi connectivity index (χ0v) is 17.6. The Morgan fingerprint density at radius 2 is 2.00 bits per heavy atom. The van der Waals surface area contributed by atoms with Crippen LogP contribution >= 0.6 is 11.8 Å². The number of nitrogens with one attached hydrogen (secondary N) is 1. The second kappa shape index (κ2) is 8.64. The number of hydrogen-bond donors (Lipinski definition) is 1. The van der Waals surface area contributed by atoms with Crippen LogP contribution in [0, 0.1) is 19.7 Å². The van der Waals surface area contributed by atoms with Gasteiger partial charge in [-0.15, -0.1) is 10.2 Å². The first kappa shape index (κ1) is 20.8. The quantitative estimate of drug-likeness (QED) is 0.582. The van der Waals surface area contributed by atoms with E-state index in [1.165, 1.54) is 12.1 Å². The Balaban J connectivity index is 1.61. The fourth-order valence-corrected chi connectivity index (χ4v) is 3.29. The maximum absolute atomic E-state index is 13.7. The van der Waals surface area contributed by atoms with Crippen molar-refractivity contribution in [1.82, 2.24) is 20.0 Å². The van der Waals surface area contributed by atoms with Gasteiger partial charge in [0.1, 0.15) is 0 Å². The van der Waals surface area contributed by atoms with E-state index in [2.05, 4.69) is 20.6 Å². The number of thioether (sulfide) groups is 1. The Morgan fingerprint density at radius 1 is 1.28 bits per heavy atom. The van der Waals surface area contributed by atoms with Gasteiger partial charge in [-0.05, 0) is 39.8 Å². The monoisotopic (exact) mass is 419 g/mol. The summed E-state index contributed by atoms with van der Waals surface area (Å²) in [6, 6.07) is 6.08. The second-order valence-electron chi connectivity index (χ2n) is 6.52. The predicted octanol–water partition coefficient (Wildman–Crippen LogP) is 3.82. The molecule has 2 heterocycles. The molecule has 0 aliphatic heterocycles. The summed E-state index contributed by atoms with van der Waals surface area (Å²) in [7, 11) is 1.82. The standard InChI is InChI=1S/C19H22FN5O3S/c1-10-16(11(2)25(5)24-10)21-17(26)13(4)29-19-23-22-18(28-19)12(3)27-15-9-7-6-8-14(15)20/h6-9,12-13H,1-5H3,(H,21,26)/t12-,13-/m1/s1. The SMILES string of the molecule is Cc1nn(C)c(C)c1NC(=O)[C@@H](C)Sc1nnc([C@@H](C)Oc2ccccc2F)o1. The number of ether oxygens (including phenoxy) is 1. The first-order chi connectivity index (χ1) is 13.8. The minimum atomic E-state index is -0.640. The minimum Gasteiger partial charge on any atom is -0.478 e. The van der Waals surface area contributed by atoms with E-state index in [1.54, 1.807) is 30.7 Å². The molecular weight excluding hydrogens is 397 g/mol. The molecule has 0 fully saturated rings. The summed E-state index contributed by atoms with van der Waals surface area (Å²) in [5, 5.41) is 14.8. The van der Waals surface area contributed by atoms with Gasteiger partial charge < -0.3 is 14.5 Å². The summed E-state index contributed by atoms with van der Waals surface area (Å²) < 4.78 is 26.5. The first-order valence-electron chi connectivity index (χ1n) is 8.98. The van der Waals surface area contributed by atoms with Gasteiger partial charge in [-0.3, -0.25) is 9.48 Å². The number of hydrogen-bond acceptors (Lipinski definition) is 7. The van der Waals surface area contributed by atoms with Crippen LogP contribution in [0.3, 0.4) is 0 Å². The van der Waals surface area contributed by atoms with E-state index in [-0.39, 0.29) is 22.8 Å². The highest BCUT2D eigenvalue weighted by Gasteiger charge is 2.23. The summed E-state index contributed by atoms with van der Waals surface area (Å²) in [4.78, 5) is 12.5. The van der Waals surface area contributed by atoms with E-state index in [9.17, 15) is 9.18 Å². The molecule has 0 radical (unpaired) electrons. The van der Waals surface area contributed by atoms with Crippen LogP contribution in [0.4, 0.5) is 10.1 Å². The Morgan fingerprint density at radius 3 is 2.66 bits per heavy atom. The van der Waals surface area contributed by atoms with Crippen LogP contribution in [0.5, 0.6) is 5.75 Å². The molecule has 0 saturated carbocycles. The lowest BCUT2D eigenvalue weighted by Crippen LogP contribution is -2.23. The van der Waals surface area contributed by atoms with E-state index in [1.807, 2.05) is 20.9 Å². The molecule has 2 aromatic heterocycles. The van der Waals surface area contributed by atoms with Crippen molar-refractivity contribution in [2.24, 2.45) is 7.05 Å². The highest BCUT2D eigenvalue weighted by molar-refractivity contribution is 8.00. The molecule has 10 heteroatoms. The van der Waals surface area contributed by atoms with Crippen LogP contribution in [-0.4, -0.2) is 31.1 Å². The van der Waals surface area contributed by atoms with Crippen LogP contribution in [0.15, 0.2) is 33.9 Å². The number of nitrogens with zero attached hydrogens (tertiary/aromatic N) is 4. The average Bonchev–Trinajstić information content (AvgIpc) is 3.23. The highest BCUT2D eigenvalue weighted by Crippen LogP contribution is 2.28. The number of carbonyl (C=O) groups excluding carboxylic acids is 1. The fourth-order valence-electron chi connectivity index (χ4n) is 2.60. The summed E-state index contributed by atoms with van der Waals surface area (Å²) in [6.45, 7) is 7.14. The van der Waals surface area contributed by atoms with E-state index in [0.717, 1.165) is 23.1 Å². The van der Waals surface area contributed by atoms with Gasteiger partial charge in [0.25, 0.3) is 11.1 Å². The van der Waals surface area contributed by atoms with Gasteiger partial charge in [-0.1, -0.05) is 23.9 Å². The zero-order valence-electron chi connectivity index (χ0n) is 16.8. The number of aromatic nitrogens is 4. The summed E-state index contributed by atoms with van der Waals surface area (Å²) >= 11 is 1.13. The third kappa shape index (κ3) is 4.76. The van der Waals surface area contributed by atoms with Crippen LogP contribution in [0.25, 0.3) is 0 Å². The normalized spacial score (nSPS) is 13.2. The molecule has 0 aliphatic carbocycles. The molecule has 1 aromatic carbocycles. The molecule has 154 valence electrons. The van der Waals surface area contributed by atoms with Crippen molar-refractivity contribution < 1.29 is 18.3 Å². The molecule has 3 rings (SSSR count). The lowest BCUT2D eigenvalue weighted by molar-refractivity contribution is -0.115. The molecule has 2 atom stereocenters. The predicted molar refractivity (Wildman–Crippen MR) is 106 cm³/mol. The van der Waals surface area contributed by atoms with E-state index in [0.29, 0.717) is 5.69 Å². The Labute approximate surface area is 171 Å². The Hall–Kier alpha value is -2.88. The number of aryl methyl sites for hydroxylation is 2. The topological polar surface area (TPSA) is 95.1 Å². The number of anilines is 1. The number of halogens is 1. The lowest BCUT2D eigenvalue weighted by Gasteiger charge is -2.11. The van der Waals surface area contributed by atoms with Crippen LogP contribution in [0.1, 0.15) is 37.2 Å². The number of carbonyl (C=O) groups is 1. The lowest BCUT2D eigenvalue weighted by atomic mass is 10.3. The molecular formula is C19H22FN5O3S. The maximum atomic E-state index is 13.7. The van der Waals surface area contributed by atoms with Crippen LogP contribution in [0.2, 0.25) is 0 Å². The van der Waals surface area contributed by atoms with Crippen molar-refractivity contribution in [3.8, 4) is 5.75 Å². The van der Waals surface area contributed by atoms with Gasteiger partial charge in [0, 0.05) is 7.05 Å². The molecule has 0 aliphatic rings. The molecule has 0 saturated heterocycles. The van der Waals surface area contributed by atoms with E-state index >= 15 is 0 Å². The number of para-hydroxylation sites is 1. The largest absolute Gasteiger partial charge is 0.478 e. The molecule has 1 amide bonds. The third-order valence-electron chi connectivity index (χ3n) is 4.31. The van der Waals surface area contributed by atoms with Gasteiger partial charge in [-0.25, -0.2) is 4.39 Å². The van der Waals surface area contributed by atoms with Gasteiger partial charge in [0.2, 0.25) is 5.91 Å². The number of rotatable bonds is 7. The Kier molecular flexibility index (Phi) is 6.21. The molecule has 1 N–H and O–H groups in total. The molecule has 0 unspecified atom stereocenters.